The fraction of sp³-hybridized carbons (Fsp3) is 0.533. The summed E-state index contributed by atoms with van der Waals surface area (Å²) in [5, 5.41) is 4.14. The van der Waals surface area contributed by atoms with Crippen molar-refractivity contribution in [3.8, 4) is 0 Å². The minimum Gasteiger partial charge on any atom is -0.334 e. The molecule has 0 aromatic heterocycles. The highest BCUT2D eigenvalue weighted by atomic mass is 35.5. The molecule has 110 valence electrons. The number of hydrogen-bond acceptors (Lipinski definition) is 2. The zero-order chi connectivity index (χ0) is 14.9. The van der Waals surface area contributed by atoms with Crippen molar-refractivity contribution in [3.63, 3.8) is 0 Å². The van der Waals surface area contributed by atoms with Gasteiger partial charge in [-0.1, -0.05) is 29.3 Å². The van der Waals surface area contributed by atoms with E-state index in [-0.39, 0.29) is 5.91 Å². The van der Waals surface area contributed by atoms with Crippen LogP contribution < -0.4 is 5.32 Å². The molecule has 1 amide bonds. The molecule has 0 saturated heterocycles. The van der Waals surface area contributed by atoms with E-state index in [1.54, 1.807) is 6.07 Å². The Balaban J connectivity index is 2.17. The van der Waals surface area contributed by atoms with E-state index >= 15 is 0 Å². The maximum absolute atomic E-state index is 12.6. The molecule has 2 rings (SSSR count). The molecule has 0 atom stereocenters. The van der Waals surface area contributed by atoms with Crippen molar-refractivity contribution in [2.75, 3.05) is 7.05 Å². The summed E-state index contributed by atoms with van der Waals surface area (Å²) < 4.78 is 0. The van der Waals surface area contributed by atoms with Crippen LogP contribution in [0, 0.1) is 0 Å². The van der Waals surface area contributed by atoms with E-state index in [4.69, 9.17) is 23.2 Å². The second kappa shape index (κ2) is 5.92. The molecule has 0 aliphatic heterocycles. The number of likely N-dealkylation sites (N-methyl/N-ethyl adjacent to an activating group) is 1. The number of benzene rings is 1. The predicted octanol–water partition coefficient (Wildman–Crippen LogP) is 3.48. The fourth-order valence-electron chi connectivity index (χ4n) is 2.05. The van der Waals surface area contributed by atoms with Crippen molar-refractivity contribution in [2.24, 2.45) is 0 Å². The summed E-state index contributed by atoms with van der Waals surface area (Å²) in [7, 11) is 1.81. The van der Waals surface area contributed by atoms with Crippen LogP contribution in [0.2, 0.25) is 10.0 Å². The van der Waals surface area contributed by atoms with Crippen LogP contribution in [-0.4, -0.2) is 29.4 Å². The first-order chi connectivity index (χ1) is 9.35. The van der Waals surface area contributed by atoms with Gasteiger partial charge in [0.1, 0.15) is 0 Å². The monoisotopic (exact) mass is 314 g/mol. The Morgan fingerprint density at radius 1 is 1.35 bits per heavy atom. The first kappa shape index (κ1) is 15.6. The number of carbonyl (C=O) groups is 1. The first-order valence-corrected chi connectivity index (χ1v) is 7.54. The summed E-state index contributed by atoms with van der Waals surface area (Å²) in [6.45, 7) is 4.38. The molecular weight excluding hydrogens is 295 g/mol. The molecule has 0 heterocycles. The Morgan fingerprint density at radius 2 is 2.00 bits per heavy atom. The summed E-state index contributed by atoms with van der Waals surface area (Å²) in [5.74, 6) is 0.119. The third-order valence-electron chi connectivity index (χ3n) is 3.75. The maximum Gasteiger partial charge on any atom is 0.242 e. The summed E-state index contributed by atoms with van der Waals surface area (Å²) >= 11 is 12.0. The van der Waals surface area contributed by atoms with Crippen molar-refractivity contribution in [2.45, 2.75) is 44.8 Å². The van der Waals surface area contributed by atoms with Crippen molar-refractivity contribution >= 4 is 29.1 Å². The Kier molecular flexibility index (Phi) is 4.62. The molecule has 0 radical (unpaired) electrons. The van der Waals surface area contributed by atoms with Gasteiger partial charge in [-0.15, -0.1) is 0 Å². The van der Waals surface area contributed by atoms with Crippen LogP contribution in [0.3, 0.4) is 0 Å². The summed E-state index contributed by atoms with van der Waals surface area (Å²) in [5.41, 5.74) is 0.449. The number of carbonyl (C=O) groups excluding carboxylic acids is 1. The van der Waals surface area contributed by atoms with E-state index in [1.807, 2.05) is 37.9 Å². The molecule has 1 aliphatic carbocycles. The lowest BCUT2D eigenvalue weighted by Crippen LogP contribution is -2.53. The van der Waals surface area contributed by atoms with Crippen molar-refractivity contribution in [1.82, 2.24) is 10.2 Å². The molecule has 1 saturated carbocycles. The quantitative estimate of drug-likeness (QED) is 0.902. The van der Waals surface area contributed by atoms with Crippen LogP contribution in [0.5, 0.6) is 0 Å². The molecular formula is C15H20Cl2N2O. The number of nitrogens with zero attached hydrogens (tertiary/aromatic N) is 1. The SMILES string of the molecule is CNC(C)(C)C(=O)N(Cc1ccc(Cl)c(Cl)c1)C1CC1. The zero-order valence-electron chi connectivity index (χ0n) is 12.0. The Bertz CT molecular complexity index is 513. The van der Waals surface area contributed by atoms with Gasteiger partial charge in [-0.25, -0.2) is 0 Å². The number of hydrogen-bond donors (Lipinski definition) is 1. The van der Waals surface area contributed by atoms with Gasteiger partial charge in [-0.3, -0.25) is 4.79 Å². The van der Waals surface area contributed by atoms with Crippen LogP contribution in [-0.2, 0) is 11.3 Å². The topological polar surface area (TPSA) is 32.3 Å². The molecule has 3 nitrogen and oxygen atoms in total. The Labute approximate surface area is 130 Å². The van der Waals surface area contributed by atoms with Crippen LogP contribution >= 0.6 is 23.2 Å². The second-order valence-corrected chi connectivity index (χ2v) is 6.60. The number of halogens is 2. The van der Waals surface area contributed by atoms with Crippen molar-refractivity contribution < 1.29 is 4.79 Å². The van der Waals surface area contributed by atoms with Crippen LogP contribution in [0.15, 0.2) is 18.2 Å². The van der Waals surface area contributed by atoms with Gasteiger partial charge in [0.2, 0.25) is 5.91 Å². The molecule has 0 bridgehead atoms. The minimum absolute atomic E-state index is 0.119. The highest BCUT2D eigenvalue weighted by molar-refractivity contribution is 6.42. The lowest BCUT2D eigenvalue weighted by molar-refractivity contribution is -0.138. The van der Waals surface area contributed by atoms with Gasteiger partial charge in [-0.2, -0.15) is 0 Å². The summed E-state index contributed by atoms with van der Waals surface area (Å²) in [6.07, 6.45) is 2.15. The first-order valence-electron chi connectivity index (χ1n) is 6.79. The molecule has 1 aromatic carbocycles. The van der Waals surface area contributed by atoms with Crippen LogP contribution in [0.1, 0.15) is 32.3 Å². The lowest BCUT2D eigenvalue weighted by Gasteiger charge is -2.32. The Hall–Kier alpha value is -0.770. The minimum atomic E-state index is -0.557. The third kappa shape index (κ3) is 3.46. The number of nitrogens with one attached hydrogen (secondary N) is 1. The van der Waals surface area contributed by atoms with Crippen molar-refractivity contribution in [3.05, 3.63) is 33.8 Å². The van der Waals surface area contributed by atoms with Gasteiger partial charge in [-0.05, 0) is 51.4 Å². The number of rotatable bonds is 5. The van der Waals surface area contributed by atoms with E-state index < -0.39 is 5.54 Å². The average molecular weight is 315 g/mol. The van der Waals surface area contributed by atoms with Gasteiger partial charge in [0.05, 0.1) is 15.6 Å². The Morgan fingerprint density at radius 3 is 2.50 bits per heavy atom. The molecule has 20 heavy (non-hydrogen) atoms. The van der Waals surface area contributed by atoms with E-state index in [2.05, 4.69) is 5.32 Å². The van der Waals surface area contributed by atoms with Crippen LogP contribution in [0.4, 0.5) is 0 Å². The summed E-state index contributed by atoms with van der Waals surface area (Å²) in [6, 6.07) is 5.88. The van der Waals surface area contributed by atoms with E-state index in [0.717, 1.165) is 18.4 Å². The molecule has 1 aliphatic rings. The van der Waals surface area contributed by atoms with Crippen LogP contribution in [0.25, 0.3) is 0 Å². The van der Waals surface area contributed by atoms with Crippen molar-refractivity contribution in [1.29, 1.82) is 0 Å². The molecule has 0 spiro atoms. The predicted molar refractivity (Wildman–Crippen MR) is 83.2 cm³/mol. The molecule has 1 fully saturated rings. The van der Waals surface area contributed by atoms with E-state index in [0.29, 0.717) is 22.6 Å². The highest BCUT2D eigenvalue weighted by Crippen LogP contribution is 2.31. The molecule has 5 heteroatoms. The van der Waals surface area contributed by atoms with E-state index in [1.165, 1.54) is 0 Å². The zero-order valence-corrected chi connectivity index (χ0v) is 13.6. The smallest absolute Gasteiger partial charge is 0.242 e. The summed E-state index contributed by atoms with van der Waals surface area (Å²) in [4.78, 5) is 14.6. The van der Waals surface area contributed by atoms with Gasteiger partial charge in [0, 0.05) is 12.6 Å². The number of amides is 1. The molecule has 0 unspecified atom stereocenters. The van der Waals surface area contributed by atoms with E-state index in [9.17, 15) is 4.79 Å². The second-order valence-electron chi connectivity index (χ2n) is 5.79. The lowest BCUT2D eigenvalue weighted by atomic mass is 10.0. The normalized spacial score (nSPS) is 15.2. The van der Waals surface area contributed by atoms with Gasteiger partial charge in [0.15, 0.2) is 0 Å². The average Bonchev–Trinajstić information content (AvgIpc) is 3.23. The molecule has 1 N–H and O–H groups in total. The highest BCUT2D eigenvalue weighted by Gasteiger charge is 2.38. The van der Waals surface area contributed by atoms with Gasteiger partial charge >= 0.3 is 0 Å². The van der Waals surface area contributed by atoms with Gasteiger partial charge in [0.25, 0.3) is 0 Å². The van der Waals surface area contributed by atoms with Gasteiger partial charge < -0.3 is 10.2 Å². The fourth-order valence-corrected chi connectivity index (χ4v) is 2.37. The maximum atomic E-state index is 12.6. The largest absolute Gasteiger partial charge is 0.334 e. The third-order valence-corrected chi connectivity index (χ3v) is 4.48. The molecule has 1 aromatic rings. The standard InChI is InChI=1S/C15H20Cl2N2O/c1-15(2,18-3)14(20)19(11-5-6-11)9-10-4-7-12(16)13(17)8-10/h4,7-8,11,18H,5-6,9H2,1-3H3.